The maximum Gasteiger partial charge on any atom is 0.261 e. The summed E-state index contributed by atoms with van der Waals surface area (Å²) >= 11 is 11.6. The molecule has 0 radical (unpaired) electrons. The number of anilines is 2. The molecule has 0 saturated carbocycles. The van der Waals surface area contributed by atoms with E-state index in [-0.39, 0.29) is 4.90 Å². The van der Waals surface area contributed by atoms with Crippen molar-refractivity contribution in [2.45, 2.75) is 11.8 Å². The van der Waals surface area contributed by atoms with Crippen LogP contribution in [0.4, 0.5) is 11.4 Å². The summed E-state index contributed by atoms with van der Waals surface area (Å²) in [6, 6.07) is 8.98. The number of benzene rings is 2. The van der Waals surface area contributed by atoms with E-state index in [0.717, 1.165) is 0 Å². The second-order valence-electron chi connectivity index (χ2n) is 4.25. The van der Waals surface area contributed by atoms with Crippen molar-refractivity contribution in [3.63, 3.8) is 0 Å². The Labute approximate surface area is 127 Å². The van der Waals surface area contributed by atoms with Gasteiger partial charge in [-0.25, -0.2) is 8.42 Å². The van der Waals surface area contributed by atoms with E-state index >= 15 is 0 Å². The molecule has 0 atom stereocenters. The van der Waals surface area contributed by atoms with E-state index in [9.17, 15) is 8.42 Å². The second-order valence-corrected chi connectivity index (χ2v) is 6.77. The normalized spacial score (nSPS) is 11.3. The molecule has 0 fully saturated rings. The van der Waals surface area contributed by atoms with Crippen molar-refractivity contribution in [1.29, 1.82) is 0 Å². The van der Waals surface area contributed by atoms with Gasteiger partial charge in [-0.2, -0.15) is 0 Å². The third kappa shape index (κ3) is 3.17. The summed E-state index contributed by atoms with van der Waals surface area (Å²) in [6.07, 6.45) is 0. The van der Waals surface area contributed by atoms with Gasteiger partial charge in [0.25, 0.3) is 10.0 Å². The molecule has 0 heterocycles. The molecule has 2 aromatic carbocycles. The van der Waals surface area contributed by atoms with Gasteiger partial charge in [0.2, 0.25) is 0 Å². The number of rotatable bonds is 3. The molecule has 7 heteroatoms. The lowest BCUT2D eigenvalue weighted by Crippen LogP contribution is -2.13. The topological polar surface area (TPSA) is 72.2 Å². The van der Waals surface area contributed by atoms with Crippen LogP contribution in [0.1, 0.15) is 5.56 Å². The number of hydrogen-bond acceptors (Lipinski definition) is 3. The van der Waals surface area contributed by atoms with E-state index in [0.29, 0.717) is 27.0 Å². The Hall–Kier alpha value is -1.43. The molecule has 2 aromatic rings. The Morgan fingerprint density at radius 1 is 1.10 bits per heavy atom. The van der Waals surface area contributed by atoms with Crippen molar-refractivity contribution in [2.24, 2.45) is 0 Å². The second kappa shape index (κ2) is 5.52. The Morgan fingerprint density at radius 3 is 2.30 bits per heavy atom. The number of nitrogen functional groups attached to an aromatic ring is 1. The highest BCUT2D eigenvalue weighted by molar-refractivity contribution is 7.92. The Morgan fingerprint density at radius 2 is 1.70 bits per heavy atom. The monoisotopic (exact) mass is 330 g/mol. The molecule has 4 nitrogen and oxygen atoms in total. The summed E-state index contributed by atoms with van der Waals surface area (Å²) in [7, 11) is -3.69. The molecule has 20 heavy (non-hydrogen) atoms. The van der Waals surface area contributed by atoms with E-state index in [4.69, 9.17) is 28.9 Å². The molecule has 0 aliphatic heterocycles. The summed E-state index contributed by atoms with van der Waals surface area (Å²) in [4.78, 5) is 0.120. The van der Waals surface area contributed by atoms with Gasteiger partial charge in [0, 0.05) is 5.02 Å². The van der Waals surface area contributed by atoms with Crippen molar-refractivity contribution in [3.8, 4) is 0 Å². The first-order chi connectivity index (χ1) is 9.29. The van der Waals surface area contributed by atoms with Gasteiger partial charge in [-0.15, -0.1) is 0 Å². The van der Waals surface area contributed by atoms with Crippen molar-refractivity contribution in [3.05, 3.63) is 52.0 Å². The smallest absolute Gasteiger partial charge is 0.261 e. The number of sulfonamides is 1. The summed E-state index contributed by atoms with van der Waals surface area (Å²) in [5.74, 6) is 0. The summed E-state index contributed by atoms with van der Waals surface area (Å²) in [5.41, 5.74) is 7.13. The van der Waals surface area contributed by atoms with Gasteiger partial charge >= 0.3 is 0 Å². The van der Waals surface area contributed by atoms with E-state index in [2.05, 4.69) is 4.72 Å². The van der Waals surface area contributed by atoms with Crippen LogP contribution in [0, 0.1) is 6.92 Å². The van der Waals surface area contributed by atoms with Crippen LogP contribution in [0.5, 0.6) is 0 Å². The standard InChI is InChI=1S/C13H12Cl2N2O2S/c1-8-6-12(16)11(15)7-13(8)17-20(18,19)10-4-2-9(14)3-5-10/h2-7,17H,16H2,1H3. The van der Waals surface area contributed by atoms with E-state index in [1.54, 1.807) is 13.0 Å². The van der Waals surface area contributed by atoms with Crippen molar-refractivity contribution < 1.29 is 8.42 Å². The van der Waals surface area contributed by atoms with Gasteiger partial charge in [-0.1, -0.05) is 23.2 Å². The molecule has 106 valence electrons. The molecule has 3 N–H and O–H groups in total. The van der Waals surface area contributed by atoms with Gasteiger partial charge in [-0.3, -0.25) is 4.72 Å². The number of hydrogen-bond donors (Lipinski definition) is 2. The van der Waals surface area contributed by atoms with Crippen LogP contribution < -0.4 is 10.5 Å². The van der Waals surface area contributed by atoms with Crippen molar-refractivity contribution in [1.82, 2.24) is 0 Å². The van der Waals surface area contributed by atoms with Crippen LogP contribution in [0.15, 0.2) is 41.3 Å². The average Bonchev–Trinajstić information content (AvgIpc) is 2.36. The highest BCUT2D eigenvalue weighted by Crippen LogP contribution is 2.28. The lowest BCUT2D eigenvalue weighted by Gasteiger charge is -2.12. The summed E-state index contributed by atoms with van der Waals surface area (Å²) < 4.78 is 26.9. The number of nitrogens with one attached hydrogen (secondary N) is 1. The zero-order valence-electron chi connectivity index (χ0n) is 10.5. The molecular weight excluding hydrogens is 319 g/mol. The average molecular weight is 331 g/mol. The highest BCUT2D eigenvalue weighted by atomic mass is 35.5. The van der Waals surface area contributed by atoms with Crippen LogP contribution in [-0.2, 0) is 10.0 Å². The van der Waals surface area contributed by atoms with Gasteiger partial charge in [0.1, 0.15) is 0 Å². The predicted molar refractivity (Wildman–Crippen MR) is 82.9 cm³/mol. The van der Waals surface area contributed by atoms with Gasteiger partial charge in [0.15, 0.2) is 0 Å². The summed E-state index contributed by atoms with van der Waals surface area (Å²) in [5, 5.41) is 0.764. The third-order valence-corrected chi connectivity index (χ3v) is 4.67. The van der Waals surface area contributed by atoms with E-state index in [1.807, 2.05) is 0 Å². The molecule has 0 aromatic heterocycles. The van der Waals surface area contributed by atoms with E-state index < -0.39 is 10.0 Å². The maximum absolute atomic E-state index is 12.2. The first-order valence-corrected chi connectivity index (χ1v) is 7.87. The maximum atomic E-state index is 12.2. The lowest BCUT2D eigenvalue weighted by atomic mass is 10.2. The third-order valence-electron chi connectivity index (χ3n) is 2.71. The number of halogens is 2. The SMILES string of the molecule is Cc1cc(N)c(Cl)cc1NS(=O)(=O)c1ccc(Cl)cc1. The fourth-order valence-electron chi connectivity index (χ4n) is 1.63. The van der Waals surface area contributed by atoms with Gasteiger partial charge in [-0.05, 0) is 48.9 Å². The molecule has 0 spiro atoms. The first-order valence-electron chi connectivity index (χ1n) is 5.63. The van der Waals surface area contributed by atoms with Crippen LogP contribution in [0.3, 0.4) is 0 Å². The molecule has 0 aliphatic carbocycles. The Bertz CT molecular complexity index is 744. The van der Waals surface area contributed by atoms with Crippen LogP contribution in [0.2, 0.25) is 10.0 Å². The van der Waals surface area contributed by atoms with Gasteiger partial charge < -0.3 is 5.73 Å². The Balaban J connectivity index is 2.38. The summed E-state index contributed by atoms with van der Waals surface area (Å²) in [6.45, 7) is 1.74. The fourth-order valence-corrected chi connectivity index (χ4v) is 3.04. The molecule has 0 unspecified atom stereocenters. The fraction of sp³-hybridized carbons (Fsp3) is 0.0769. The number of nitrogens with two attached hydrogens (primary N) is 1. The molecular formula is C13H12Cl2N2O2S. The highest BCUT2D eigenvalue weighted by Gasteiger charge is 2.16. The Kier molecular flexibility index (Phi) is 4.13. The van der Waals surface area contributed by atoms with Gasteiger partial charge in [0.05, 0.1) is 21.3 Å². The van der Waals surface area contributed by atoms with Crippen molar-refractivity contribution in [2.75, 3.05) is 10.5 Å². The van der Waals surface area contributed by atoms with E-state index in [1.165, 1.54) is 30.3 Å². The minimum absolute atomic E-state index is 0.120. The minimum atomic E-state index is -3.69. The molecule has 0 saturated heterocycles. The molecule has 0 aliphatic rings. The predicted octanol–water partition coefficient (Wildman–Crippen LogP) is 3.68. The largest absolute Gasteiger partial charge is 0.398 e. The lowest BCUT2D eigenvalue weighted by molar-refractivity contribution is 0.601. The zero-order chi connectivity index (χ0) is 14.9. The molecule has 0 amide bonds. The van der Waals surface area contributed by atoms with Crippen LogP contribution >= 0.6 is 23.2 Å². The molecule has 0 bridgehead atoms. The van der Waals surface area contributed by atoms with Crippen LogP contribution in [-0.4, -0.2) is 8.42 Å². The number of aryl methyl sites for hydroxylation is 1. The minimum Gasteiger partial charge on any atom is -0.398 e. The van der Waals surface area contributed by atoms with Crippen LogP contribution in [0.25, 0.3) is 0 Å². The van der Waals surface area contributed by atoms with Crippen molar-refractivity contribution >= 4 is 44.6 Å². The zero-order valence-corrected chi connectivity index (χ0v) is 12.9. The first kappa shape index (κ1) is 15.0. The quantitative estimate of drug-likeness (QED) is 0.843. The molecule has 2 rings (SSSR count).